The third-order valence-electron chi connectivity index (χ3n) is 5.07. The summed E-state index contributed by atoms with van der Waals surface area (Å²) in [6.07, 6.45) is 2.73. The average molecular weight is 357 g/mol. The summed E-state index contributed by atoms with van der Waals surface area (Å²) in [5, 5.41) is 20.3. The van der Waals surface area contributed by atoms with Gasteiger partial charge in [-0.25, -0.2) is 0 Å². The molecule has 0 spiro atoms. The number of likely N-dealkylation sites (tertiary alicyclic amines) is 1. The molecule has 1 saturated heterocycles. The van der Waals surface area contributed by atoms with Crippen LogP contribution in [-0.2, 0) is 4.79 Å². The molecule has 8 heteroatoms. The van der Waals surface area contributed by atoms with E-state index in [0.717, 1.165) is 25.8 Å². The number of fused-ring (bicyclic) bond motifs is 1. The van der Waals surface area contributed by atoms with E-state index in [1.54, 1.807) is 12.1 Å². The van der Waals surface area contributed by atoms with Crippen molar-refractivity contribution in [2.24, 2.45) is 11.3 Å². The highest BCUT2D eigenvalue weighted by atomic mass is 35.5. The van der Waals surface area contributed by atoms with Crippen LogP contribution in [0.2, 0.25) is 0 Å². The minimum Gasteiger partial charge on any atom is -0.492 e. The molecule has 132 valence electrons. The van der Waals surface area contributed by atoms with Crippen molar-refractivity contribution in [2.75, 3.05) is 26.2 Å². The summed E-state index contributed by atoms with van der Waals surface area (Å²) in [6.45, 7) is 2.40. The van der Waals surface area contributed by atoms with Crippen LogP contribution >= 0.6 is 12.4 Å². The van der Waals surface area contributed by atoms with Crippen LogP contribution in [0.1, 0.15) is 19.3 Å². The van der Waals surface area contributed by atoms with E-state index in [1.165, 1.54) is 12.1 Å². The normalized spacial score (nSPS) is 25.8. The molecule has 3 rings (SSSR count). The summed E-state index contributed by atoms with van der Waals surface area (Å²) >= 11 is 0. The number of hydrogen-bond acceptors (Lipinski definition) is 5. The number of nitro groups is 1. The fourth-order valence-corrected chi connectivity index (χ4v) is 3.89. The number of non-ortho nitro benzene ring substituents is 1. The highest BCUT2D eigenvalue weighted by Gasteiger charge is 2.54. The lowest BCUT2D eigenvalue weighted by Crippen LogP contribution is -2.36. The molecule has 0 radical (unpaired) electrons. The third kappa shape index (κ3) is 3.47. The first-order valence-electron chi connectivity index (χ1n) is 7.84. The van der Waals surface area contributed by atoms with E-state index in [1.807, 2.05) is 0 Å². The second kappa shape index (κ2) is 7.36. The molecule has 24 heavy (non-hydrogen) atoms. The molecule has 1 saturated carbocycles. The van der Waals surface area contributed by atoms with Crippen molar-refractivity contribution in [1.29, 1.82) is 0 Å². The summed E-state index contributed by atoms with van der Waals surface area (Å²) in [6, 6.07) is 6.10. The Balaban J connectivity index is 0.00000208. The Kier molecular flexibility index (Phi) is 5.66. The zero-order valence-electron chi connectivity index (χ0n) is 13.2. The zero-order chi connectivity index (χ0) is 16.4. The molecule has 0 unspecified atom stereocenters. The van der Waals surface area contributed by atoms with E-state index in [9.17, 15) is 20.0 Å². The highest BCUT2D eigenvalue weighted by Crippen LogP contribution is 2.48. The van der Waals surface area contributed by atoms with Crippen molar-refractivity contribution in [3.8, 4) is 5.75 Å². The van der Waals surface area contributed by atoms with Gasteiger partial charge in [-0.2, -0.15) is 0 Å². The Bertz CT molecular complexity index is 626. The smallest absolute Gasteiger partial charge is 0.311 e. The maximum atomic E-state index is 11.6. The first-order chi connectivity index (χ1) is 11.0. The van der Waals surface area contributed by atoms with Crippen LogP contribution in [0.5, 0.6) is 5.75 Å². The Hall–Kier alpha value is -1.86. The minimum absolute atomic E-state index is 0. The van der Waals surface area contributed by atoms with Gasteiger partial charge in [0.25, 0.3) is 5.69 Å². The largest absolute Gasteiger partial charge is 0.492 e. The highest BCUT2D eigenvalue weighted by molar-refractivity contribution is 5.85. The fourth-order valence-electron chi connectivity index (χ4n) is 3.89. The standard InChI is InChI=1S/C16H20N2O5.ClH/c19-15(20)16-6-2-3-12(16)10-17(11-16)7-8-23-14-5-1-4-13(9-14)18(21)22;/h1,4-5,9,12H,2-3,6-8,10-11H2,(H,19,20);1H/t12-,16+;/m0./s1. The Morgan fingerprint density at radius 1 is 1.50 bits per heavy atom. The van der Waals surface area contributed by atoms with Crippen LogP contribution in [0.15, 0.2) is 24.3 Å². The summed E-state index contributed by atoms with van der Waals surface area (Å²) in [5.74, 6) is 0.0199. The van der Waals surface area contributed by atoms with Gasteiger partial charge in [-0.3, -0.25) is 19.8 Å². The van der Waals surface area contributed by atoms with Crippen molar-refractivity contribution < 1.29 is 19.6 Å². The number of nitrogens with zero attached hydrogens (tertiary/aromatic N) is 2. The Morgan fingerprint density at radius 3 is 2.96 bits per heavy atom. The van der Waals surface area contributed by atoms with Gasteiger partial charge >= 0.3 is 5.97 Å². The van der Waals surface area contributed by atoms with E-state index >= 15 is 0 Å². The number of carbonyl (C=O) groups is 1. The van der Waals surface area contributed by atoms with Gasteiger partial charge in [-0.1, -0.05) is 12.5 Å². The summed E-state index contributed by atoms with van der Waals surface area (Å²) in [5.41, 5.74) is -0.575. The number of halogens is 1. The van der Waals surface area contributed by atoms with Gasteiger partial charge in [0.2, 0.25) is 0 Å². The monoisotopic (exact) mass is 356 g/mol. The minimum atomic E-state index is -0.679. The van der Waals surface area contributed by atoms with Crippen LogP contribution in [0.25, 0.3) is 0 Å². The fraction of sp³-hybridized carbons (Fsp3) is 0.562. The van der Waals surface area contributed by atoms with E-state index in [4.69, 9.17) is 4.74 Å². The molecule has 1 aliphatic carbocycles. The Labute approximate surface area is 146 Å². The van der Waals surface area contributed by atoms with E-state index in [-0.39, 0.29) is 24.0 Å². The lowest BCUT2D eigenvalue weighted by Gasteiger charge is -2.23. The van der Waals surface area contributed by atoms with E-state index in [0.29, 0.717) is 25.4 Å². The number of carboxylic acids is 1. The number of carboxylic acid groups (broad SMARTS) is 1. The SMILES string of the molecule is Cl.O=C(O)[C@@]12CCC[C@H]1CN(CCOc1cccc([N+](=O)[O-])c1)C2. The second-order valence-electron chi connectivity index (χ2n) is 6.39. The van der Waals surface area contributed by atoms with Crippen molar-refractivity contribution in [3.63, 3.8) is 0 Å². The molecular formula is C16H21ClN2O5. The van der Waals surface area contributed by atoms with Gasteiger partial charge in [0.1, 0.15) is 12.4 Å². The lowest BCUT2D eigenvalue weighted by atomic mass is 9.81. The molecule has 0 bridgehead atoms. The number of hydrogen-bond donors (Lipinski definition) is 1. The number of aliphatic carboxylic acids is 1. The molecule has 7 nitrogen and oxygen atoms in total. The predicted molar refractivity (Wildman–Crippen MR) is 89.7 cm³/mol. The van der Waals surface area contributed by atoms with Crippen LogP contribution in [0.3, 0.4) is 0 Å². The summed E-state index contributed by atoms with van der Waals surface area (Å²) < 4.78 is 5.58. The van der Waals surface area contributed by atoms with E-state index < -0.39 is 16.3 Å². The molecule has 0 amide bonds. The average Bonchev–Trinajstić information content (AvgIpc) is 3.05. The van der Waals surface area contributed by atoms with Gasteiger partial charge in [0.05, 0.1) is 16.4 Å². The first-order valence-corrected chi connectivity index (χ1v) is 7.84. The summed E-state index contributed by atoms with van der Waals surface area (Å²) in [4.78, 5) is 24.0. The maximum Gasteiger partial charge on any atom is 0.311 e. The topological polar surface area (TPSA) is 92.9 Å². The number of benzene rings is 1. The molecule has 2 aliphatic rings. The van der Waals surface area contributed by atoms with Gasteiger partial charge in [-0.15, -0.1) is 12.4 Å². The predicted octanol–water partition coefficient (Wildman–Crippen LogP) is 2.58. The number of nitro benzene ring substituents is 1. The molecule has 2 atom stereocenters. The van der Waals surface area contributed by atoms with Crippen molar-refractivity contribution in [3.05, 3.63) is 34.4 Å². The molecular weight excluding hydrogens is 336 g/mol. The second-order valence-corrected chi connectivity index (χ2v) is 6.39. The van der Waals surface area contributed by atoms with Crippen LogP contribution < -0.4 is 4.74 Å². The molecule has 1 N–H and O–H groups in total. The van der Waals surface area contributed by atoms with Gasteiger partial charge in [0, 0.05) is 25.7 Å². The third-order valence-corrected chi connectivity index (χ3v) is 5.07. The van der Waals surface area contributed by atoms with Gasteiger partial charge < -0.3 is 9.84 Å². The van der Waals surface area contributed by atoms with Gasteiger partial charge in [-0.05, 0) is 24.8 Å². The quantitative estimate of drug-likeness (QED) is 0.622. The lowest BCUT2D eigenvalue weighted by molar-refractivity contribution is -0.384. The molecule has 2 fully saturated rings. The summed E-state index contributed by atoms with van der Waals surface area (Å²) in [7, 11) is 0. The number of rotatable bonds is 6. The molecule has 1 aliphatic heterocycles. The van der Waals surface area contributed by atoms with E-state index in [2.05, 4.69) is 4.90 Å². The van der Waals surface area contributed by atoms with Crippen LogP contribution in [0.4, 0.5) is 5.69 Å². The van der Waals surface area contributed by atoms with Crippen LogP contribution in [-0.4, -0.2) is 47.1 Å². The maximum absolute atomic E-state index is 11.6. The van der Waals surface area contributed by atoms with Crippen LogP contribution in [0, 0.1) is 21.4 Å². The van der Waals surface area contributed by atoms with Crippen molar-refractivity contribution in [2.45, 2.75) is 19.3 Å². The van der Waals surface area contributed by atoms with Gasteiger partial charge in [0.15, 0.2) is 0 Å². The molecule has 1 heterocycles. The Morgan fingerprint density at radius 2 is 2.29 bits per heavy atom. The van der Waals surface area contributed by atoms with Crippen molar-refractivity contribution >= 4 is 24.1 Å². The zero-order valence-corrected chi connectivity index (χ0v) is 14.0. The first kappa shape index (κ1) is 18.5. The molecule has 0 aromatic heterocycles. The molecule has 1 aromatic rings. The molecule has 1 aromatic carbocycles. The van der Waals surface area contributed by atoms with Crippen molar-refractivity contribution in [1.82, 2.24) is 4.90 Å². The number of ether oxygens (including phenoxy) is 1.